The third-order valence-electron chi connectivity index (χ3n) is 3.09. The van der Waals surface area contributed by atoms with Gasteiger partial charge in [-0.25, -0.2) is 4.39 Å². The van der Waals surface area contributed by atoms with Gasteiger partial charge < -0.3 is 0 Å². The summed E-state index contributed by atoms with van der Waals surface area (Å²) in [5, 5.41) is 14.1. The molecule has 3 aromatic rings. The van der Waals surface area contributed by atoms with Crippen LogP contribution in [0.1, 0.15) is 5.56 Å². The SMILES string of the molecule is Cn1ncc(Br)c1-c1ccc2ncc(F)cc2c1C#N. The molecular weight excluding hydrogens is 323 g/mol. The molecule has 98 valence electrons. The average molecular weight is 331 g/mol. The van der Waals surface area contributed by atoms with Crippen LogP contribution in [0, 0.1) is 17.1 Å². The minimum Gasteiger partial charge on any atom is -0.267 e. The number of pyridine rings is 1. The first-order valence-corrected chi connectivity index (χ1v) is 6.57. The highest BCUT2D eigenvalue weighted by molar-refractivity contribution is 9.10. The molecule has 2 heterocycles. The van der Waals surface area contributed by atoms with Crippen LogP contribution in [-0.2, 0) is 7.05 Å². The van der Waals surface area contributed by atoms with Crippen LogP contribution in [0.2, 0.25) is 0 Å². The van der Waals surface area contributed by atoms with Crippen molar-refractivity contribution < 1.29 is 4.39 Å². The summed E-state index contributed by atoms with van der Waals surface area (Å²) in [5.41, 5.74) is 2.44. The molecular formula is C14H8BrFN4. The van der Waals surface area contributed by atoms with Gasteiger partial charge in [0.25, 0.3) is 0 Å². The van der Waals surface area contributed by atoms with E-state index >= 15 is 0 Å². The van der Waals surface area contributed by atoms with E-state index in [9.17, 15) is 9.65 Å². The molecule has 0 saturated carbocycles. The lowest BCUT2D eigenvalue weighted by Gasteiger charge is -2.08. The van der Waals surface area contributed by atoms with Gasteiger partial charge in [0.15, 0.2) is 0 Å². The van der Waals surface area contributed by atoms with E-state index < -0.39 is 5.82 Å². The summed E-state index contributed by atoms with van der Waals surface area (Å²) in [6.45, 7) is 0. The normalized spacial score (nSPS) is 10.7. The Bertz CT molecular complexity index is 844. The molecule has 2 aromatic heterocycles. The molecule has 0 unspecified atom stereocenters. The fourth-order valence-corrected chi connectivity index (χ4v) is 2.77. The first kappa shape index (κ1) is 12.8. The van der Waals surface area contributed by atoms with Gasteiger partial charge in [-0.3, -0.25) is 9.67 Å². The molecule has 20 heavy (non-hydrogen) atoms. The summed E-state index contributed by atoms with van der Waals surface area (Å²) in [4.78, 5) is 4.00. The van der Waals surface area contributed by atoms with Crippen molar-refractivity contribution in [2.45, 2.75) is 0 Å². The third-order valence-corrected chi connectivity index (χ3v) is 3.67. The Balaban J connectivity index is 2.41. The second-order valence-electron chi connectivity index (χ2n) is 4.28. The smallest absolute Gasteiger partial charge is 0.142 e. The molecule has 0 aliphatic carbocycles. The van der Waals surface area contributed by atoms with Gasteiger partial charge >= 0.3 is 0 Å². The number of rotatable bonds is 1. The lowest BCUT2D eigenvalue weighted by Crippen LogP contribution is -1.97. The molecule has 0 aliphatic rings. The van der Waals surface area contributed by atoms with Crippen LogP contribution < -0.4 is 0 Å². The molecule has 0 radical (unpaired) electrons. The van der Waals surface area contributed by atoms with Crippen LogP contribution in [-0.4, -0.2) is 14.8 Å². The van der Waals surface area contributed by atoms with Gasteiger partial charge in [-0.05, 0) is 34.1 Å². The van der Waals surface area contributed by atoms with Gasteiger partial charge in [0.1, 0.15) is 11.9 Å². The highest BCUT2D eigenvalue weighted by atomic mass is 79.9. The van der Waals surface area contributed by atoms with E-state index in [0.717, 1.165) is 16.4 Å². The Kier molecular flexibility index (Phi) is 2.99. The van der Waals surface area contributed by atoms with Gasteiger partial charge in [0.05, 0.1) is 33.6 Å². The van der Waals surface area contributed by atoms with E-state index in [4.69, 9.17) is 0 Å². The molecule has 1 aromatic carbocycles. The van der Waals surface area contributed by atoms with Crippen molar-refractivity contribution in [3.63, 3.8) is 0 Å². The number of aromatic nitrogens is 3. The highest BCUT2D eigenvalue weighted by Gasteiger charge is 2.16. The molecule has 4 nitrogen and oxygen atoms in total. The van der Waals surface area contributed by atoms with Crippen molar-refractivity contribution in [1.82, 2.24) is 14.8 Å². The molecule has 0 bridgehead atoms. The van der Waals surface area contributed by atoms with Crippen molar-refractivity contribution in [2.75, 3.05) is 0 Å². The fraction of sp³-hybridized carbons (Fsp3) is 0.0714. The Morgan fingerprint density at radius 3 is 2.80 bits per heavy atom. The van der Waals surface area contributed by atoms with E-state index in [1.807, 2.05) is 0 Å². The van der Waals surface area contributed by atoms with Crippen molar-refractivity contribution in [3.05, 3.63) is 46.4 Å². The lowest BCUT2D eigenvalue weighted by molar-refractivity contribution is 0.624. The maximum absolute atomic E-state index is 13.4. The maximum atomic E-state index is 13.4. The van der Waals surface area contributed by atoms with E-state index in [1.165, 1.54) is 6.07 Å². The van der Waals surface area contributed by atoms with Crippen LogP contribution in [0.5, 0.6) is 0 Å². The first-order valence-electron chi connectivity index (χ1n) is 5.78. The summed E-state index contributed by atoms with van der Waals surface area (Å²) in [6, 6.07) is 7.04. The summed E-state index contributed by atoms with van der Waals surface area (Å²) >= 11 is 3.41. The molecule has 0 aliphatic heterocycles. The standard InChI is InChI=1S/C14H8BrFN4/c1-20-14(12(15)7-19-20)9-2-3-13-10(11(9)5-17)4-8(16)6-18-13/h2-4,6-7H,1H3. The van der Waals surface area contributed by atoms with Crippen LogP contribution in [0.15, 0.2) is 35.1 Å². The number of fused-ring (bicyclic) bond motifs is 1. The average Bonchev–Trinajstić information content (AvgIpc) is 2.77. The molecule has 0 saturated heterocycles. The third kappa shape index (κ3) is 1.87. The number of halogens is 2. The van der Waals surface area contributed by atoms with Crippen LogP contribution in [0.3, 0.4) is 0 Å². The van der Waals surface area contributed by atoms with Crippen molar-refractivity contribution in [3.8, 4) is 17.3 Å². The minimum absolute atomic E-state index is 0.388. The monoisotopic (exact) mass is 330 g/mol. The van der Waals surface area contributed by atoms with Crippen molar-refractivity contribution in [1.29, 1.82) is 5.26 Å². The van der Waals surface area contributed by atoms with Gasteiger partial charge in [-0.2, -0.15) is 10.4 Å². The molecule has 6 heteroatoms. The maximum Gasteiger partial charge on any atom is 0.142 e. The van der Waals surface area contributed by atoms with Gasteiger partial charge in [-0.15, -0.1) is 0 Å². The summed E-state index contributed by atoms with van der Waals surface area (Å²) in [5.74, 6) is -0.463. The zero-order valence-electron chi connectivity index (χ0n) is 10.4. The number of nitrogens with zero attached hydrogens (tertiary/aromatic N) is 4. The second kappa shape index (κ2) is 4.69. The Morgan fingerprint density at radius 1 is 1.35 bits per heavy atom. The summed E-state index contributed by atoms with van der Waals surface area (Å²) < 4.78 is 15.8. The Hall–Kier alpha value is -2.26. The molecule has 0 amide bonds. The van der Waals surface area contributed by atoms with E-state index in [-0.39, 0.29) is 0 Å². The summed E-state index contributed by atoms with van der Waals surface area (Å²) in [6.07, 6.45) is 2.80. The largest absolute Gasteiger partial charge is 0.267 e. The van der Waals surface area contributed by atoms with Gasteiger partial charge in [-0.1, -0.05) is 0 Å². The number of aryl methyl sites for hydroxylation is 1. The zero-order valence-corrected chi connectivity index (χ0v) is 12.0. The fourth-order valence-electron chi connectivity index (χ4n) is 2.21. The van der Waals surface area contributed by atoms with Crippen LogP contribution in [0.4, 0.5) is 4.39 Å². The minimum atomic E-state index is -0.463. The van der Waals surface area contributed by atoms with E-state index in [0.29, 0.717) is 22.0 Å². The Labute approximate surface area is 122 Å². The number of benzene rings is 1. The van der Waals surface area contributed by atoms with Crippen molar-refractivity contribution in [2.24, 2.45) is 7.05 Å². The summed E-state index contributed by atoms with van der Waals surface area (Å²) in [7, 11) is 1.79. The number of hydrogen-bond acceptors (Lipinski definition) is 3. The highest BCUT2D eigenvalue weighted by Crippen LogP contribution is 2.33. The van der Waals surface area contributed by atoms with Crippen LogP contribution in [0.25, 0.3) is 22.2 Å². The first-order chi connectivity index (χ1) is 9.61. The molecule has 0 atom stereocenters. The quantitative estimate of drug-likeness (QED) is 0.687. The number of nitriles is 1. The molecule has 0 spiro atoms. The van der Waals surface area contributed by atoms with Gasteiger partial charge in [0, 0.05) is 18.0 Å². The molecule has 0 N–H and O–H groups in total. The predicted molar refractivity (Wildman–Crippen MR) is 76.3 cm³/mol. The van der Waals surface area contributed by atoms with Crippen molar-refractivity contribution >= 4 is 26.8 Å². The van der Waals surface area contributed by atoms with Crippen LogP contribution >= 0.6 is 15.9 Å². The topological polar surface area (TPSA) is 54.5 Å². The predicted octanol–water partition coefficient (Wildman–Crippen LogP) is 3.41. The number of hydrogen-bond donors (Lipinski definition) is 0. The van der Waals surface area contributed by atoms with E-state index in [2.05, 4.69) is 32.1 Å². The van der Waals surface area contributed by atoms with E-state index in [1.54, 1.807) is 30.1 Å². The molecule has 3 rings (SSSR count). The molecule has 0 fully saturated rings. The Morgan fingerprint density at radius 2 is 2.15 bits per heavy atom. The second-order valence-corrected chi connectivity index (χ2v) is 5.14. The van der Waals surface area contributed by atoms with Gasteiger partial charge in [0.2, 0.25) is 0 Å². The zero-order chi connectivity index (χ0) is 14.3. The lowest BCUT2D eigenvalue weighted by atomic mass is 10.0.